The van der Waals surface area contributed by atoms with E-state index in [-0.39, 0.29) is 11.5 Å². The molecule has 0 unspecified atom stereocenters. The van der Waals surface area contributed by atoms with Crippen LogP contribution in [0.3, 0.4) is 0 Å². The van der Waals surface area contributed by atoms with Gasteiger partial charge in [0.1, 0.15) is 5.58 Å². The fraction of sp³-hybridized carbons (Fsp3) is 0.174. The molecule has 0 bridgehead atoms. The van der Waals surface area contributed by atoms with Gasteiger partial charge in [-0.3, -0.25) is 9.36 Å². The molecule has 5 aromatic rings. The molecular weight excluding hydrogens is 396 g/mol. The van der Waals surface area contributed by atoms with Gasteiger partial charge in [0.05, 0.1) is 5.75 Å². The van der Waals surface area contributed by atoms with Crippen molar-refractivity contribution >= 4 is 39.4 Å². The standard InChI is InChI=1S/C23H18N4O2S/c28-19(21-11-14-5-1-4-8-20(14)29-21)13-30-23-26-25-22(27(23)15-9-10-15)17-12-24-18-7-3-2-6-16(17)18/h1-8,11-12,15,24H,9-10,13H2. The Bertz CT molecular complexity index is 1360. The third-order valence-electron chi connectivity index (χ3n) is 5.44. The minimum Gasteiger partial charge on any atom is -0.453 e. The summed E-state index contributed by atoms with van der Waals surface area (Å²) in [4.78, 5) is 16.0. The van der Waals surface area contributed by atoms with Gasteiger partial charge in [0.2, 0.25) is 5.78 Å². The maximum absolute atomic E-state index is 12.7. The lowest BCUT2D eigenvalue weighted by molar-refractivity contribution is 0.0994. The SMILES string of the molecule is O=C(CSc1nnc(-c2c[nH]c3ccccc23)n1C1CC1)c1cc2ccccc2o1. The van der Waals surface area contributed by atoms with Crippen LogP contribution >= 0.6 is 11.8 Å². The molecule has 1 aliphatic carbocycles. The fourth-order valence-corrected chi connectivity index (χ4v) is 4.67. The molecule has 3 heterocycles. The van der Waals surface area contributed by atoms with Gasteiger partial charge in [-0.2, -0.15) is 0 Å². The van der Waals surface area contributed by atoms with E-state index in [4.69, 9.17) is 4.42 Å². The fourth-order valence-electron chi connectivity index (χ4n) is 3.80. The number of rotatable bonds is 6. The molecule has 1 N–H and O–H groups in total. The number of carbonyl (C=O) groups excluding carboxylic acids is 1. The molecule has 1 saturated carbocycles. The zero-order valence-corrected chi connectivity index (χ0v) is 16.9. The van der Waals surface area contributed by atoms with Crippen molar-refractivity contribution < 1.29 is 9.21 Å². The molecule has 0 radical (unpaired) electrons. The van der Waals surface area contributed by atoms with Crippen LogP contribution in [0, 0.1) is 0 Å². The van der Waals surface area contributed by atoms with Crippen molar-refractivity contribution in [3.63, 3.8) is 0 Å². The first kappa shape index (κ1) is 17.5. The largest absolute Gasteiger partial charge is 0.453 e. The molecule has 148 valence electrons. The van der Waals surface area contributed by atoms with E-state index in [1.807, 2.05) is 42.6 Å². The summed E-state index contributed by atoms with van der Waals surface area (Å²) in [6, 6.07) is 18.0. The van der Waals surface area contributed by atoms with Crippen LogP contribution in [-0.4, -0.2) is 31.3 Å². The van der Waals surface area contributed by atoms with Gasteiger partial charge in [0.15, 0.2) is 16.7 Å². The number of fused-ring (bicyclic) bond motifs is 2. The summed E-state index contributed by atoms with van der Waals surface area (Å²) in [7, 11) is 0. The van der Waals surface area contributed by atoms with Gasteiger partial charge in [-0.05, 0) is 31.0 Å². The highest BCUT2D eigenvalue weighted by Crippen LogP contribution is 2.42. The molecule has 6 nitrogen and oxygen atoms in total. The van der Waals surface area contributed by atoms with E-state index in [0.717, 1.165) is 51.3 Å². The highest BCUT2D eigenvalue weighted by atomic mass is 32.2. The number of carbonyl (C=O) groups is 1. The Balaban J connectivity index is 1.29. The van der Waals surface area contributed by atoms with Gasteiger partial charge in [-0.25, -0.2) is 0 Å². The minimum absolute atomic E-state index is 0.0461. The highest BCUT2D eigenvalue weighted by molar-refractivity contribution is 7.99. The molecular formula is C23H18N4O2S. The highest BCUT2D eigenvalue weighted by Gasteiger charge is 2.31. The molecule has 1 aliphatic rings. The molecule has 7 heteroatoms. The molecule has 0 amide bonds. The van der Waals surface area contributed by atoms with Crippen molar-refractivity contribution in [2.24, 2.45) is 0 Å². The summed E-state index contributed by atoms with van der Waals surface area (Å²) in [5.74, 6) is 1.46. The van der Waals surface area contributed by atoms with E-state index in [0.29, 0.717) is 11.8 Å². The Morgan fingerprint density at radius 2 is 1.97 bits per heavy atom. The van der Waals surface area contributed by atoms with Crippen LogP contribution in [0.5, 0.6) is 0 Å². The van der Waals surface area contributed by atoms with E-state index in [2.05, 4.69) is 31.9 Å². The summed E-state index contributed by atoms with van der Waals surface area (Å²) >= 11 is 1.42. The zero-order chi connectivity index (χ0) is 20.1. The van der Waals surface area contributed by atoms with Gasteiger partial charge in [0.25, 0.3) is 0 Å². The number of aromatic nitrogens is 4. The molecule has 30 heavy (non-hydrogen) atoms. The number of benzene rings is 2. The number of aromatic amines is 1. The number of nitrogens with zero attached hydrogens (tertiary/aromatic N) is 3. The van der Waals surface area contributed by atoms with Crippen molar-refractivity contribution in [2.75, 3.05) is 5.75 Å². The van der Waals surface area contributed by atoms with E-state index >= 15 is 0 Å². The van der Waals surface area contributed by atoms with Crippen LogP contribution < -0.4 is 0 Å². The second-order valence-corrected chi connectivity index (χ2v) is 8.46. The van der Waals surface area contributed by atoms with Crippen LogP contribution in [0.2, 0.25) is 0 Å². The first-order valence-electron chi connectivity index (χ1n) is 9.94. The number of thioether (sulfide) groups is 1. The monoisotopic (exact) mass is 414 g/mol. The Morgan fingerprint density at radius 3 is 2.83 bits per heavy atom. The maximum atomic E-state index is 12.7. The molecule has 1 fully saturated rings. The summed E-state index contributed by atoms with van der Waals surface area (Å²) in [6.07, 6.45) is 4.21. The normalized spacial score (nSPS) is 14.0. The predicted molar refractivity (Wildman–Crippen MR) is 117 cm³/mol. The Morgan fingerprint density at radius 1 is 1.13 bits per heavy atom. The summed E-state index contributed by atoms with van der Waals surface area (Å²) in [5, 5.41) is 11.8. The zero-order valence-electron chi connectivity index (χ0n) is 16.0. The van der Waals surface area contributed by atoms with Crippen molar-refractivity contribution in [1.82, 2.24) is 19.7 Å². The number of nitrogens with one attached hydrogen (secondary N) is 1. The molecule has 0 aliphatic heterocycles. The van der Waals surface area contributed by atoms with Gasteiger partial charge in [-0.15, -0.1) is 10.2 Å². The first-order valence-corrected chi connectivity index (χ1v) is 10.9. The maximum Gasteiger partial charge on any atom is 0.208 e. The number of para-hydroxylation sites is 2. The Kier molecular flexibility index (Phi) is 4.02. The van der Waals surface area contributed by atoms with Crippen LogP contribution in [0.4, 0.5) is 0 Å². The number of ketones is 1. The van der Waals surface area contributed by atoms with E-state index in [1.54, 1.807) is 6.07 Å². The van der Waals surface area contributed by atoms with E-state index in [1.165, 1.54) is 11.8 Å². The third-order valence-corrected chi connectivity index (χ3v) is 6.38. The molecule has 0 saturated heterocycles. The molecule has 6 rings (SSSR count). The lowest BCUT2D eigenvalue weighted by atomic mass is 10.1. The second-order valence-electron chi connectivity index (χ2n) is 7.52. The Labute approximate surface area is 176 Å². The lowest BCUT2D eigenvalue weighted by Gasteiger charge is -2.07. The van der Waals surface area contributed by atoms with Crippen molar-refractivity contribution in [1.29, 1.82) is 0 Å². The number of hydrogen-bond acceptors (Lipinski definition) is 5. The summed E-state index contributed by atoms with van der Waals surface area (Å²) in [5.41, 5.74) is 2.85. The average molecular weight is 414 g/mol. The summed E-state index contributed by atoms with van der Waals surface area (Å²) in [6.45, 7) is 0. The number of Topliss-reactive ketones (excluding diaryl/α,β-unsaturated/α-hetero) is 1. The smallest absolute Gasteiger partial charge is 0.208 e. The van der Waals surface area contributed by atoms with Crippen LogP contribution in [0.25, 0.3) is 33.3 Å². The second kappa shape index (κ2) is 6.88. The van der Waals surface area contributed by atoms with Crippen molar-refractivity contribution in [3.05, 3.63) is 66.6 Å². The van der Waals surface area contributed by atoms with Gasteiger partial charge in [-0.1, -0.05) is 48.2 Å². The third kappa shape index (κ3) is 2.93. The van der Waals surface area contributed by atoms with Crippen LogP contribution in [0.1, 0.15) is 29.4 Å². The lowest BCUT2D eigenvalue weighted by Crippen LogP contribution is -2.04. The van der Waals surface area contributed by atoms with Gasteiger partial charge >= 0.3 is 0 Å². The van der Waals surface area contributed by atoms with E-state index in [9.17, 15) is 4.79 Å². The van der Waals surface area contributed by atoms with E-state index < -0.39 is 0 Å². The quantitative estimate of drug-likeness (QED) is 0.294. The number of hydrogen-bond donors (Lipinski definition) is 1. The predicted octanol–water partition coefficient (Wildman–Crippen LogP) is 5.48. The van der Waals surface area contributed by atoms with Crippen LogP contribution in [-0.2, 0) is 0 Å². The Hall–Kier alpha value is -3.32. The van der Waals surface area contributed by atoms with Crippen molar-refractivity contribution in [2.45, 2.75) is 24.0 Å². The molecule has 0 atom stereocenters. The first-order chi connectivity index (χ1) is 14.8. The van der Waals surface area contributed by atoms with Crippen molar-refractivity contribution in [3.8, 4) is 11.4 Å². The minimum atomic E-state index is -0.0461. The molecule has 3 aromatic heterocycles. The summed E-state index contributed by atoms with van der Waals surface area (Å²) < 4.78 is 7.90. The topological polar surface area (TPSA) is 76.7 Å². The average Bonchev–Trinajstić information content (AvgIpc) is 3.20. The number of furan rings is 1. The van der Waals surface area contributed by atoms with Crippen LogP contribution in [0.15, 0.2) is 70.4 Å². The molecule has 2 aromatic carbocycles. The van der Waals surface area contributed by atoms with Gasteiger partial charge < -0.3 is 9.40 Å². The molecule has 0 spiro atoms. The van der Waals surface area contributed by atoms with Gasteiger partial charge in [0, 0.05) is 34.1 Å². The number of H-pyrrole nitrogens is 1.